The van der Waals surface area contributed by atoms with E-state index < -0.39 is 5.82 Å². The lowest BCUT2D eigenvalue weighted by atomic mass is 9.92. The van der Waals surface area contributed by atoms with Crippen molar-refractivity contribution in [2.45, 2.75) is 33.6 Å². The summed E-state index contributed by atoms with van der Waals surface area (Å²) in [5.74, 6) is 0.647. The Morgan fingerprint density at radius 1 is 1.00 bits per heavy atom. The number of anilines is 1. The molecule has 4 rings (SSSR count). The lowest BCUT2D eigenvalue weighted by Crippen LogP contribution is -2.19. The number of methoxy groups -OCH3 is 1. The molecule has 3 aromatic carbocycles. The van der Waals surface area contributed by atoms with E-state index in [0.29, 0.717) is 42.2 Å². The van der Waals surface area contributed by atoms with Gasteiger partial charge >= 0.3 is 6.01 Å². The number of carbonyl (C=O) groups is 1. The van der Waals surface area contributed by atoms with Gasteiger partial charge in [-0.2, -0.15) is 4.98 Å². The number of aromatic nitrogens is 3. The van der Waals surface area contributed by atoms with E-state index in [1.165, 1.54) is 6.07 Å². The molecule has 1 N–H and O–H groups in total. The van der Waals surface area contributed by atoms with Gasteiger partial charge in [-0.15, -0.1) is 5.10 Å². The molecule has 0 bridgehead atoms. The molecule has 0 aliphatic carbocycles. The van der Waals surface area contributed by atoms with E-state index in [2.05, 4.69) is 15.4 Å². The van der Waals surface area contributed by atoms with Gasteiger partial charge in [-0.25, -0.2) is 9.07 Å². The van der Waals surface area contributed by atoms with Crippen molar-refractivity contribution in [3.63, 3.8) is 0 Å². The van der Waals surface area contributed by atoms with Crippen molar-refractivity contribution in [2.24, 2.45) is 5.41 Å². The highest BCUT2D eigenvalue weighted by Crippen LogP contribution is 2.27. The predicted octanol–water partition coefficient (Wildman–Crippen LogP) is 6.08. The van der Waals surface area contributed by atoms with Crippen LogP contribution in [0.4, 0.5) is 10.1 Å². The Hall–Kier alpha value is -4.20. The second-order valence-corrected chi connectivity index (χ2v) is 9.89. The Labute approximate surface area is 216 Å². The molecule has 0 unspecified atom stereocenters. The minimum Gasteiger partial charge on any atom is -0.497 e. The van der Waals surface area contributed by atoms with Crippen LogP contribution in [0.5, 0.6) is 11.8 Å². The van der Waals surface area contributed by atoms with Gasteiger partial charge in [-0.3, -0.25) is 4.79 Å². The lowest BCUT2D eigenvalue weighted by molar-refractivity contribution is -0.117. The van der Waals surface area contributed by atoms with Crippen LogP contribution in [0.1, 0.15) is 32.8 Å². The summed E-state index contributed by atoms with van der Waals surface area (Å²) in [4.78, 5) is 16.8. The molecule has 1 amide bonds. The van der Waals surface area contributed by atoms with Crippen molar-refractivity contribution in [3.05, 3.63) is 84.2 Å². The zero-order valence-electron chi connectivity index (χ0n) is 21.5. The maximum Gasteiger partial charge on any atom is 0.336 e. The number of nitrogens with zero attached hydrogens (tertiary/aromatic N) is 3. The molecule has 0 saturated carbocycles. The normalized spacial score (nSPS) is 11.3. The van der Waals surface area contributed by atoms with E-state index in [1.807, 2.05) is 45.0 Å². The molecule has 1 heterocycles. The van der Waals surface area contributed by atoms with Crippen LogP contribution < -0.4 is 14.8 Å². The molecule has 0 aliphatic rings. The lowest BCUT2D eigenvalue weighted by Gasteiger charge is -2.17. The Morgan fingerprint density at radius 3 is 2.35 bits per heavy atom. The van der Waals surface area contributed by atoms with Crippen molar-refractivity contribution in [1.82, 2.24) is 14.8 Å². The molecular formula is C29H31FN4O3. The highest BCUT2D eigenvalue weighted by atomic mass is 19.1. The summed E-state index contributed by atoms with van der Waals surface area (Å²) >= 11 is 0. The first-order valence-corrected chi connectivity index (χ1v) is 12.1. The van der Waals surface area contributed by atoms with E-state index in [9.17, 15) is 9.18 Å². The van der Waals surface area contributed by atoms with Gasteiger partial charge in [0.2, 0.25) is 5.91 Å². The average molecular weight is 503 g/mol. The van der Waals surface area contributed by atoms with E-state index in [4.69, 9.17) is 9.47 Å². The fourth-order valence-electron chi connectivity index (χ4n) is 3.78. The van der Waals surface area contributed by atoms with Crippen LogP contribution in [0.3, 0.4) is 0 Å². The number of carbonyl (C=O) groups excluding carboxylic acids is 1. The molecule has 37 heavy (non-hydrogen) atoms. The smallest absolute Gasteiger partial charge is 0.336 e. The first-order chi connectivity index (χ1) is 17.7. The van der Waals surface area contributed by atoms with Crippen LogP contribution in [0.2, 0.25) is 0 Å². The van der Waals surface area contributed by atoms with Crippen LogP contribution in [-0.2, 0) is 11.2 Å². The van der Waals surface area contributed by atoms with Crippen molar-refractivity contribution < 1.29 is 18.7 Å². The number of rotatable bonds is 9. The zero-order chi connectivity index (χ0) is 26.4. The third kappa shape index (κ3) is 6.94. The van der Waals surface area contributed by atoms with Gasteiger partial charge < -0.3 is 14.8 Å². The van der Waals surface area contributed by atoms with Gasteiger partial charge in [0.1, 0.15) is 11.6 Å². The third-order valence-electron chi connectivity index (χ3n) is 5.57. The van der Waals surface area contributed by atoms with E-state index in [-0.39, 0.29) is 17.3 Å². The quantitative estimate of drug-likeness (QED) is 0.300. The van der Waals surface area contributed by atoms with Gasteiger partial charge in [0, 0.05) is 18.5 Å². The van der Waals surface area contributed by atoms with E-state index in [1.54, 1.807) is 54.3 Å². The van der Waals surface area contributed by atoms with Crippen LogP contribution in [0.15, 0.2) is 72.8 Å². The monoisotopic (exact) mass is 502 g/mol. The summed E-state index contributed by atoms with van der Waals surface area (Å²) in [7, 11) is 1.63. The fraction of sp³-hybridized carbons (Fsp3) is 0.276. The van der Waals surface area contributed by atoms with Crippen molar-refractivity contribution in [1.29, 1.82) is 0 Å². The molecule has 192 valence electrons. The molecule has 0 fully saturated rings. The van der Waals surface area contributed by atoms with Crippen molar-refractivity contribution in [2.75, 3.05) is 19.0 Å². The Kier molecular flexibility index (Phi) is 7.86. The molecule has 0 spiro atoms. The average Bonchev–Trinajstić information content (AvgIpc) is 3.28. The predicted molar refractivity (Wildman–Crippen MR) is 142 cm³/mol. The molecule has 1 aromatic heterocycles. The number of hydrogen-bond acceptors (Lipinski definition) is 5. The summed E-state index contributed by atoms with van der Waals surface area (Å²) in [6, 6.07) is 21.5. The van der Waals surface area contributed by atoms with Gasteiger partial charge in [0.05, 0.1) is 25.0 Å². The molecule has 0 aliphatic heterocycles. The van der Waals surface area contributed by atoms with Crippen LogP contribution in [-0.4, -0.2) is 34.4 Å². The number of halogens is 1. The second-order valence-electron chi connectivity index (χ2n) is 9.89. The van der Waals surface area contributed by atoms with E-state index >= 15 is 0 Å². The molecule has 0 atom stereocenters. The first kappa shape index (κ1) is 25.9. The van der Waals surface area contributed by atoms with Crippen molar-refractivity contribution >= 4 is 11.6 Å². The largest absolute Gasteiger partial charge is 0.497 e. The number of ether oxygens (including phenoxy) is 2. The van der Waals surface area contributed by atoms with Gasteiger partial charge in [-0.1, -0.05) is 45.0 Å². The van der Waals surface area contributed by atoms with Crippen molar-refractivity contribution in [3.8, 4) is 28.8 Å². The summed E-state index contributed by atoms with van der Waals surface area (Å²) < 4.78 is 27.3. The highest BCUT2D eigenvalue weighted by molar-refractivity contribution is 5.91. The summed E-state index contributed by atoms with van der Waals surface area (Å²) in [5.41, 5.74) is 2.61. The van der Waals surface area contributed by atoms with E-state index in [0.717, 1.165) is 11.3 Å². The topological polar surface area (TPSA) is 78.3 Å². The fourth-order valence-corrected chi connectivity index (χ4v) is 3.78. The standard InChI is InChI=1S/C29H31FN4O3/c1-29(2,3)19-26(35)31-21-11-13-22(14-12-21)34-27(24-7-5-6-8-25(24)30)32-28(33-34)37-18-17-20-9-15-23(36-4)16-10-20/h5-16H,17-19H2,1-4H3,(H,31,35). The zero-order valence-corrected chi connectivity index (χ0v) is 21.5. The van der Waals surface area contributed by atoms with Gasteiger partial charge in [0.25, 0.3) is 0 Å². The summed E-state index contributed by atoms with van der Waals surface area (Å²) in [6.07, 6.45) is 1.06. The second kappa shape index (κ2) is 11.2. The van der Waals surface area contributed by atoms with Gasteiger partial charge in [-0.05, 0) is 59.5 Å². The molecule has 0 radical (unpaired) electrons. The molecule has 0 saturated heterocycles. The maximum absolute atomic E-state index is 14.7. The SMILES string of the molecule is COc1ccc(CCOc2nc(-c3ccccc3F)n(-c3ccc(NC(=O)CC(C)(C)C)cc3)n2)cc1. The van der Waals surface area contributed by atoms with Gasteiger partial charge in [0.15, 0.2) is 5.82 Å². The number of hydrogen-bond donors (Lipinski definition) is 1. The van der Waals surface area contributed by atoms with Crippen LogP contribution >= 0.6 is 0 Å². The molecular weight excluding hydrogens is 471 g/mol. The number of benzene rings is 3. The maximum atomic E-state index is 14.7. The molecule has 7 nitrogen and oxygen atoms in total. The summed E-state index contributed by atoms with van der Waals surface area (Å²) in [5, 5.41) is 7.42. The van der Waals surface area contributed by atoms with Crippen LogP contribution in [0, 0.1) is 11.2 Å². The minimum atomic E-state index is -0.410. The van der Waals surface area contributed by atoms with Crippen LogP contribution in [0.25, 0.3) is 17.1 Å². The summed E-state index contributed by atoms with van der Waals surface area (Å²) in [6.45, 7) is 6.40. The highest BCUT2D eigenvalue weighted by Gasteiger charge is 2.19. The Bertz CT molecular complexity index is 1340. The minimum absolute atomic E-state index is 0.0550. The number of nitrogens with one attached hydrogen (secondary N) is 1. The molecule has 4 aromatic rings. The third-order valence-corrected chi connectivity index (χ3v) is 5.57. The Morgan fingerprint density at radius 2 is 1.70 bits per heavy atom. The number of amides is 1. The Balaban J connectivity index is 1.54. The first-order valence-electron chi connectivity index (χ1n) is 12.1. The molecule has 8 heteroatoms.